The highest BCUT2D eigenvalue weighted by Gasteiger charge is 2.08. The van der Waals surface area contributed by atoms with Crippen LogP contribution < -0.4 is 5.32 Å². The van der Waals surface area contributed by atoms with Crippen LogP contribution in [0, 0.1) is 5.41 Å². The number of rotatable bonds is 4. The quantitative estimate of drug-likeness (QED) is 0.562. The molecule has 0 saturated carbocycles. The molecule has 0 aliphatic carbocycles. The molecule has 0 spiro atoms. The molecule has 1 rings (SSSR count). The van der Waals surface area contributed by atoms with Gasteiger partial charge in [-0.15, -0.1) is 0 Å². The van der Waals surface area contributed by atoms with E-state index in [1.807, 2.05) is 20.1 Å². The summed E-state index contributed by atoms with van der Waals surface area (Å²) < 4.78 is 7.23. The number of ether oxygens (including phenoxy) is 1. The molecule has 98 valence electrons. The van der Waals surface area contributed by atoms with Gasteiger partial charge in [0.15, 0.2) is 19.3 Å². The second kappa shape index (κ2) is 9.96. The molecule has 5 nitrogen and oxygen atoms in total. The van der Waals surface area contributed by atoms with E-state index < -0.39 is 0 Å². The van der Waals surface area contributed by atoms with Crippen LogP contribution in [0.15, 0.2) is 0 Å². The van der Waals surface area contributed by atoms with Gasteiger partial charge in [-0.05, 0) is 13.3 Å². The lowest BCUT2D eigenvalue weighted by atomic mass is 10.4. The Balaban J connectivity index is 0.000000325. The van der Waals surface area contributed by atoms with E-state index in [0.29, 0.717) is 12.3 Å². The minimum atomic E-state index is 0.0573. The summed E-state index contributed by atoms with van der Waals surface area (Å²) in [6.07, 6.45) is 3.01. The molecular weight excluding hydrogens is 218 g/mol. The summed E-state index contributed by atoms with van der Waals surface area (Å²) >= 11 is 0. The number of carbonyl (C=O) groups excluding carboxylic acids is 1. The van der Waals surface area contributed by atoms with Gasteiger partial charge in [0.1, 0.15) is 13.2 Å². The lowest BCUT2D eigenvalue weighted by Crippen LogP contribution is -2.29. The molecule has 1 heterocycles. The molecule has 0 aromatic carbocycles. The van der Waals surface area contributed by atoms with Crippen LogP contribution in [0.5, 0.6) is 0 Å². The first-order valence-corrected chi connectivity index (χ1v) is 5.99. The Morgan fingerprint density at radius 2 is 2.24 bits per heavy atom. The summed E-state index contributed by atoms with van der Waals surface area (Å²) in [6, 6.07) is 0. The lowest BCUT2D eigenvalue weighted by Gasteiger charge is -2.07. The van der Waals surface area contributed by atoms with Crippen molar-refractivity contribution in [3.8, 4) is 0 Å². The van der Waals surface area contributed by atoms with Crippen molar-refractivity contribution in [3.05, 3.63) is 0 Å². The molecule has 5 heteroatoms. The van der Waals surface area contributed by atoms with Crippen molar-refractivity contribution in [1.29, 1.82) is 5.41 Å². The van der Waals surface area contributed by atoms with Crippen molar-refractivity contribution in [2.24, 2.45) is 0 Å². The van der Waals surface area contributed by atoms with E-state index in [4.69, 9.17) is 10.1 Å². The Bertz CT molecular complexity index is 275. The second-order valence-corrected chi connectivity index (χ2v) is 3.99. The second-order valence-electron chi connectivity index (χ2n) is 3.99. The topological polar surface area (TPSA) is 65.2 Å². The van der Waals surface area contributed by atoms with Crippen LogP contribution in [-0.4, -0.2) is 55.3 Å². The van der Waals surface area contributed by atoms with E-state index >= 15 is 0 Å². The first kappa shape index (κ1) is 15.8. The number of nitrogens with one attached hydrogen (secondary N) is 2. The van der Waals surface area contributed by atoms with Gasteiger partial charge in [-0.1, -0.05) is 6.92 Å². The summed E-state index contributed by atoms with van der Waals surface area (Å²) in [4.78, 5) is 10.1. The van der Waals surface area contributed by atoms with Crippen molar-refractivity contribution in [3.63, 3.8) is 0 Å². The summed E-state index contributed by atoms with van der Waals surface area (Å²) in [5.41, 5.74) is 0.707. The fourth-order valence-electron chi connectivity index (χ4n) is 1.26. The monoisotopic (exact) mass is 242 g/mol. The molecule has 0 fully saturated rings. The average Bonchev–Trinajstić information content (AvgIpc) is 2.27. The molecule has 0 unspecified atom stereocenters. The van der Waals surface area contributed by atoms with Gasteiger partial charge in [0, 0.05) is 13.5 Å². The van der Waals surface area contributed by atoms with Crippen LogP contribution in [0.25, 0.3) is 0 Å². The van der Waals surface area contributed by atoms with Crippen LogP contribution in [0.2, 0.25) is 0 Å². The van der Waals surface area contributed by atoms with Gasteiger partial charge in [0.25, 0.3) is 0 Å². The Hall–Kier alpha value is -1.23. The van der Waals surface area contributed by atoms with Gasteiger partial charge in [0.05, 0.1) is 5.71 Å². The minimum absolute atomic E-state index is 0.0573. The van der Waals surface area contributed by atoms with Crippen molar-refractivity contribution in [1.82, 2.24) is 5.32 Å². The fourth-order valence-corrected chi connectivity index (χ4v) is 1.26. The van der Waals surface area contributed by atoms with Crippen LogP contribution >= 0.6 is 0 Å². The van der Waals surface area contributed by atoms with E-state index in [0.717, 1.165) is 32.7 Å². The third kappa shape index (κ3) is 11.0. The number of hydrogen-bond donors (Lipinski definition) is 2. The molecule has 1 aliphatic rings. The molecule has 1 aliphatic heterocycles. The van der Waals surface area contributed by atoms with Crippen LogP contribution in [0.1, 0.15) is 27.2 Å². The smallest absolute Gasteiger partial charge is 0.216 e. The predicted molar refractivity (Wildman–Crippen MR) is 69.3 cm³/mol. The van der Waals surface area contributed by atoms with Gasteiger partial charge in [-0.2, -0.15) is 0 Å². The van der Waals surface area contributed by atoms with Crippen LogP contribution in [0.3, 0.4) is 0 Å². The largest absolute Gasteiger partial charge is 0.365 e. The van der Waals surface area contributed by atoms with Gasteiger partial charge in [0.2, 0.25) is 5.91 Å². The normalized spacial score (nSPS) is 14.2. The third-order valence-corrected chi connectivity index (χ3v) is 2.04. The Morgan fingerprint density at radius 1 is 1.53 bits per heavy atom. The van der Waals surface area contributed by atoms with Crippen molar-refractivity contribution in [2.45, 2.75) is 27.2 Å². The highest BCUT2D eigenvalue weighted by molar-refractivity contribution is 5.79. The molecule has 0 aromatic heterocycles. The molecular formula is C12H24N3O2+. The molecule has 0 saturated heterocycles. The molecule has 2 N–H and O–H groups in total. The number of nitrogens with zero attached hydrogens (tertiary/aromatic N) is 1. The van der Waals surface area contributed by atoms with Crippen molar-refractivity contribution >= 4 is 17.8 Å². The SMILES string of the molecule is CC(=N)C[N+]1=CCOCC1.CCCNC(C)=O. The summed E-state index contributed by atoms with van der Waals surface area (Å²) in [5.74, 6) is 0.0573. The van der Waals surface area contributed by atoms with Gasteiger partial charge in [-0.3, -0.25) is 4.79 Å². The van der Waals surface area contributed by atoms with E-state index in [-0.39, 0.29) is 5.91 Å². The van der Waals surface area contributed by atoms with E-state index in [1.165, 1.54) is 6.92 Å². The standard InChI is InChI=1S/C7H13N2O.C5H11NO/c1-7(8)6-9-2-4-10-5-3-9;1-3-4-6-5(2)7/h2,8H,3-6H2,1H3;3-4H2,1-2H3,(H,6,7)/q+1;. The third-order valence-electron chi connectivity index (χ3n) is 2.04. The summed E-state index contributed by atoms with van der Waals surface area (Å²) in [7, 11) is 0. The van der Waals surface area contributed by atoms with Gasteiger partial charge < -0.3 is 15.5 Å². The highest BCUT2D eigenvalue weighted by Crippen LogP contribution is 1.85. The molecule has 0 aromatic rings. The molecule has 1 amide bonds. The predicted octanol–water partition coefficient (Wildman–Crippen LogP) is 0.672. The van der Waals surface area contributed by atoms with Gasteiger partial charge >= 0.3 is 0 Å². The number of carbonyl (C=O) groups is 1. The zero-order valence-electron chi connectivity index (χ0n) is 11.1. The van der Waals surface area contributed by atoms with Crippen LogP contribution in [0.4, 0.5) is 0 Å². The number of amides is 1. The zero-order valence-corrected chi connectivity index (χ0v) is 11.1. The number of hydrogen-bond acceptors (Lipinski definition) is 3. The highest BCUT2D eigenvalue weighted by atomic mass is 16.5. The molecule has 17 heavy (non-hydrogen) atoms. The average molecular weight is 242 g/mol. The molecule has 0 bridgehead atoms. The van der Waals surface area contributed by atoms with Crippen LogP contribution in [-0.2, 0) is 9.53 Å². The fraction of sp³-hybridized carbons (Fsp3) is 0.750. The maximum absolute atomic E-state index is 10.1. The summed E-state index contributed by atoms with van der Waals surface area (Å²) in [5, 5.41) is 9.88. The minimum Gasteiger partial charge on any atom is -0.365 e. The van der Waals surface area contributed by atoms with Crippen molar-refractivity contribution in [2.75, 3.05) is 32.8 Å². The Kier molecular flexibility index (Phi) is 9.24. The molecule has 0 radical (unpaired) electrons. The lowest BCUT2D eigenvalue weighted by molar-refractivity contribution is -0.519. The summed E-state index contributed by atoms with van der Waals surface area (Å²) in [6.45, 7) is 9.35. The van der Waals surface area contributed by atoms with Crippen molar-refractivity contribution < 1.29 is 14.1 Å². The first-order chi connectivity index (χ1) is 8.06. The van der Waals surface area contributed by atoms with Gasteiger partial charge in [-0.25, -0.2) is 4.58 Å². The Morgan fingerprint density at radius 3 is 2.59 bits per heavy atom. The van der Waals surface area contributed by atoms with E-state index in [2.05, 4.69) is 9.89 Å². The Labute approximate surface area is 103 Å². The van der Waals surface area contributed by atoms with E-state index in [1.54, 1.807) is 0 Å². The van der Waals surface area contributed by atoms with E-state index in [9.17, 15) is 4.79 Å². The maximum atomic E-state index is 10.1. The molecule has 0 atom stereocenters. The zero-order chi connectivity index (χ0) is 13.1. The first-order valence-electron chi connectivity index (χ1n) is 5.99. The maximum Gasteiger partial charge on any atom is 0.216 e.